The summed E-state index contributed by atoms with van der Waals surface area (Å²) in [6.45, 7) is -1.97. The van der Waals surface area contributed by atoms with Crippen LogP contribution < -0.4 is 4.89 Å². The van der Waals surface area contributed by atoms with Crippen LogP contribution in [0.25, 0.3) is 0 Å². The van der Waals surface area contributed by atoms with Crippen LogP contribution in [-0.4, -0.2) is 39.2 Å². The molecule has 1 heterocycles. The Hall–Kier alpha value is 0.490. The third-order valence-corrected chi connectivity index (χ3v) is 2.72. The summed E-state index contributed by atoms with van der Waals surface area (Å²) >= 11 is 4.61. The molecular weight excluding hydrogens is 211 g/mol. The summed E-state index contributed by atoms with van der Waals surface area (Å²) in [6, 6.07) is 0. The van der Waals surface area contributed by atoms with Gasteiger partial charge in [0.1, 0.15) is 6.10 Å². The van der Waals surface area contributed by atoms with Gasteiger partial charge in [0.15, 0.2) is 0 Å². The molecule has 0 radical (unpaired) electrons. The number of hydrogen-bond acceptors (Lipinski definition) is 5. The predicted molar refractivity (Wildman–Crippen MR) is 51.3 cm³/mol. The third kappa shape index (κ3) is 4.02. The van der Waals surface area contributed by atoms with E-state index in [0.29, 0.717) is 6.42 Å². The maximum atomic E-state index is 11.1. The van der Waals surface area contributed by atoms with Crippen molar-refractivity contribution in [2.75, 3.05) is 27.0 Å². The number of hydrogen-bond donors (Lipinski definition) is 0. The Labute approximate surface area is 84.8 Å². The minimum Gasteiger partial charge on any atom is -0.801 e. The van der Waals surface area contributed by atoms with Crippen LogP contribution in [0.15, 0.2) is 0 Å². The highest BCUT2D eigenvalue weighted by Crippen LogP contribution is 2.33. The van der Waals surface area contributed by atoms with Gasteiger partial charge < -0.3 is 18.9 Å². The zero-order chi connectivity index (χ0) is 10.8. The average molecular weight is 227 g/mol. The highest BCUT2D eigenvalue weighted by molar-refractivity contribution is 8.08. The number of rotatable bonds is 4. The molecule has 0 aromatic carbocycles. The van der Waals surface area contributed by atoms with Crippen molar-refractivity contribution in [3.8, 4) is 0 Å². The topological polar surface area (TPSA) is 50.8 Å². The van der Waals surface area contributed by atoms with E-state index in [2.05, 4.69) is 11.8 Å². The highest BCUT2D eigenvalue weighted by Gasteiger charge is 2.28. The lowest BCUT2D eigenvalue weighted by molar-refractivity contribution is -0.183. The van der Waals surface area contributed by atoms with Crippen molar-refractivity contribution in [2.45, 2.75) is 18.6 Å². The first kappa shape index (κ1) is 10.0. The smallest absolute Gasteiger partial charge is 0.107 e. The minimum absolute atomic E-state index is 0.130. The van der Waals surface area contributed by atoms with E-state index in [9.17, 15) is 4.89 Å². The minimum atomic E-state index is -2.89. The van der Waals surface area contributed by atoms with Gasteiger partial charge >= 0.3 is 0 Å². The van der Waals surface area contributed by atoms with Gasteiger partial charge in [-0.25, -0.2) is 0 Å². The fourth-order valence-electron chi connectivity index (χ4n) is 1.12. The van der Waals surface area contributed by atoms with Crippen LogP contribution >= 0.6 is 6.49 Å². The maximum Gasteiger partial charge on any atom is 0.107 e. The van der Waals surface area contributed by atoms with E-state index in [1.807, 2.05) is 0 Å². The predicted octanol–water partition coefficient (Wildman–Crippen LogP) is 0.106. The van der Waals surface area contributed by atoms with Crippen molar-refractivity contribution < 1.29 is 20.3 Å². The average Bonchev–Trinajstić information content (AvgIpc) is 2.41. The van der Waals surface area contributed by atoms with Crippen LogP contribution in [0, 0.1) is 0 Å². The lowest BCUT2D eigenvalue weighted by Gasteiger charge is -2.25. The molecule has 4 atom stereocenters. The van der Waals surface area contributed by atoms with Crippen LogP contribution in [0.2, 0.25) is 0 Å². The highest BCUT2D eigenvalue weighted by atomic mass is 32.5. The summed E-state index contributed by atoms with van der Waals surface area (Å²) in [4.78, 5) is 11.1. The fourth-order valence-corrected chi connectivity index (χ4v) is 1.72. The molecule has 0 spiro atoms. The first-order chi connectivity index (χ1) is 6.42. The molecule has 6 heteroatoms. The van der Waals surface area contributed by atoms with E-state index >= 15 is 0 Å². The summed E-state index contributed by atoms with van der Waals surface area (Å²) in [5.74, 6) is 0. The summed E-state index contributed by atoms with van der Waals surface area (Å²) in [7, 11) is 1.55. The molecule has 13 heavy (non-hydrogen) atoms. The molecule has 0 aliphatic carbocycles. The molecule has 1 aliphatic rings. The van der Waals surface area contributed by atoms with Crippen LogP contribution in [0.5, 0.6) is 0 Å². The molecule has 0 aromatic rings. The molecule has 1 saturated heterocycles. The Morgan fingerprint density at radius 1 is 1.85 bits per heavy atom. The van der Waals surface area contributed by atoms with Gasteiger partial charge in [0.2, 0.25) is 0 Å². The van der Waals surface area contributed by atoms with Crippen LogP contribution in [0.3, 0.4) is 0 Å². The fraction of sp³-hybridized carbons (Fsp3) is 1.00. The van der Waals surface area contributed by atoms with Crippen molar-refractivity contribution in [3.63, 3.8) is 0 Å². The van der Waals surface area contributed by atoms with Gasteiger partial charge in [0.05, 0.1) is 14.1 Å². The third-order valence-electron chi connectivity index (χ3n) is 1.79. The Morgan fingerprint density at radius 2 is 2.54 bits per heavy atom. The quantitative estimate of drug-likeness (QED) is 0.638. The Kier molecular flexibility index (Phi) is 3.72. The van der Waals surface area contributed by atoms with Crippen LogP contribution in [-0.2, 0) is 25.8 Å². The van der Waals surface area contributed by atoms with Crippen molar-refractivity contribution in [1.29, 1.82) is 0 Å². The molecule has 0 N–H and O–H groups in total. The zero-order valence-corrected chi connectivity index (χ0v) is 9.35. The second-order valence-corrected chi connectivity index (χ2v) is 6.71. The van der Waals surface area contributed by atoms with E-state index in [1.165, 1.54) is 6.66 Å². The second-order valence-electron chi connectivity index (χ2n) is 2.92. The van der Waals surface area contributed by atoms with Crippen molar-refractivity contribution >= 4 is 18.3 Å². The molecule has 1 fully saturated rings. The number of ether oxygens (including phenoxy) is 2. The molecule has 78 valence electrons. The van der Waals surface area contributed by atoms with Crippen molar-refractivity contribution in [1.82, 2.24) is 0 Å². The van der Waals surface area contributed by atoms with Gasteiger partial charge in [0, 0.05) is 13.7 Å². The Bertz CT molecular complexity index is 234. The van der Waals surface area contributed by atoms with Gasteiger partial charge in [-0.2, -0.15) is 0 Å². The van der Waals surface area contributed by atoms with Crippen LogP contribution in [0.1, 0.15) is 7.79 Å². The number of methoxy groups -OCH3 is 1. The molecule has 4 nitrogen and oxygen atoms in total. The van der Waals surface area contributed by atoms with Crippen molar-refractivity contribution in [2.24, 2.45) is 0 Å². The van der Waals surface area contributed by atoms with E-state index in [-0.39, 0.29) is 18.8 Å². The normalized spacial score (nSPS) is 39.9. The summed E-state index contributed by atoms with van der Waals surface area (Å²) in [5, 5.41) is 0. The standard InChI is InChI=1S/C7H15O4PS/c1-9-6-3-4-10-7(6)5-11-12(2,8)13/h6-7H,3-5H2,1-2H3,(H,8,13)/p-1/t6-,7-,12?/m1/s1/i4T/t4-,6+,7+,12?/m0. The molecule has 0 amide bonds. The molecule has 0 bridgehead atoms. The van der Waals surface area contributed by atoms with E-state index < -0.39 is 13.1 Å². The van der Waals surface area contributed by atoms with Gasteiger partial charge in [-0.1, -0.05) is 11.8 Å². The maximum absolute atomic E-state index is 11.1. The Balaban J connectivity index is 2.40. The molecular formula is C7H14O4PS-. The van der Waals surface area contributed by atoms with E-state index in [0.717, 1.165) is 0 Å². The molecule has 1 rings (SSSR count). The first-order valence-corrected chi connectivity index (χ1v) is 7.04. The molecule has 1 aliphatic heterocycles. The summed E-state index contributed by atoms with van der Waals surface area (Å²) in [6.07, 6.45) is 0.00783. The molecule has 0 aromatic heterocycles. The SMILES string of the molecule is [3H][C@H]1C[C@@H](OC)[C@@H](COP(C)([O-])=S)O1. The lowest BCUT2D eigenvalue weighted by atomic mass is 10.2. The summed E-state index contributed by atoms with van der Waals surface area (Å²) in [5.41, 5.74) is 0. The van der Waals surface area contributed by atoms with Gasteiger partial charge in [-0.3, -0.25) is 0 Å². The van der Waals surface area contributed by atoms with Crippen LogP contribution in [0.4, 0.5) is 0 Å². The zero-order valence-electron chi connectivity index (χ0n) is 8.63. The van der Waals surface area contributed by atoms with Gasteiger partial charge in [0.25, 0.3) is 0 Å². The first-order valence-electron chi connectivity index (χ1n) is 4.53. The van der Waals surface area contributed by atoms with E-state index in [4.69, 9.17) is 15.4 Å². The molecule has 0 saturated carbocycles. The lowest BCUT2D eigenvalue weighted by Crippen LogP contribution is -2.28. The summed E-state index contributed by atoms with van der Waals surface area (Å²) < 4.78 is 22.7. The van der Waals surface area contributed by atoms with Gasteiger partial charge in [-0.15, -0.1) is 0 Å². The monoisotopic (exact) mass is 227 g/mol. The van der Waals surface area contributed by atoms with E-state index in [1.54, 1.807) is 7.11 Å². The second kappa shape index (κ2) is 4.82. The largest absolute Gasteiger partial charge is 0.801 e. The van der Waals surface area contributed by atoms with Crippen molar-refractivity contribution in [3.05, 3.63) is 0 Å². The van der Waals surface area contributed by atoms with Gasteiger partial charge in [-0.05, 0) is 19.6 Å². The molecule has 1 unspecified atom stereocenters. The Morgan fingerprint density at radius 3 is 3.08 bits per heavy atom.